The molecule has 0 radical (unpaired) electrons. The summed E-state index contributed by atoms with van der Waals surface area (Å²) < 4.78 is 10.8. The number of esters is 1. The molecular weight excluding hydrogens is 506 g/mol. The minimum absolute atomic E-state index is 0.00380. The SMILES string of the molecule is COc1ccc(/C(O)=C2/C(=O)C(=O)N(c3ccc(C(=O)OCC(C)C)cc3)C2c2cccc(C)c2)cc1C(C)C. The molecule has 1 N–H and O–H groups in total. The van der Waals surface area contributed by atoms with E-state index in [1.807, 2.05) is 58.9 Å². The molecule has 1 atom stereocenters. The number of benzene rings is 3. The lowest BCUT2D eigenvalue weighted by atomic mass is 9.92. The first kappa shape index (κ1) is 28.6. The Bertz CT molecular complexity index is 1470. The van der Waals surface area contributed by atoms with Gasteiger partial charge in [0.25, 0.3) is 11.7 Å². The zero-order valence-corrected chi connectivity index (χ0v) is 23.7. The Balaban J connectivity index is 1.83. The molecule has 1 fully saturated rings. The number of aliphatic hydroxyl groups excluding tert-OH is 1. The number of rotatable bonds is 8. The number of Topliss-reactive ketones (excluding diaryl/α,β-unsaturated/α-hetero) is 1. The summed E-state index contributed by atoms with van der Waals surface area (Å²) in [5.74, 6) is -1.29. The van der Waals surface area contributed by atoms with Gasteiger partial charge in [-0.1, -0.05) is 57.5 Å². The van der Waals surface area contributed by atoms with E-state index in [1.165, 1.54) is 4.90 Å². The molecule has 1 unspecified atom stereocenters. The van der Waals surface area contributed by atoms with Gasteiger partial charge in [-0.3, -0.25) is 14.5 Å². The van der Waals surface area contributed by atoms with E-state index in [0.717, 1.165) is 11.1 Å². The maximum atomic E-state index is 13.5. The molecule has 0 saturated carbocycles. The van der Waals surface area contributed by atoms with Gasteiger partial charge < -0.3 is 14.6 Å². The van der Waals surface area contributed by atoms with Crippen LogP contribution in [0.1, 0.15) is 72.3 Å². The molecule has 208 valence electrons. The van der Waals surface area contributed by atoms with Gasteiger partial charge in [0.1, 0.15) is 11.5 Å². The average molecular weight is 542 g/mol. The number of hydrogen-bond acceptors (Lipinski definition) is 6. The Labute approximate surface area is 235 Å². The largest absolute Gasteiger partial charge is 0.507 e. The summed E-state index contributed by atoms with van der Waals surface area (Å²) >= 11 is 0. The maximum Gasteiger partial charge on any atom is 0.338 e. The summed E-state index contributed by atoms with van der Waals surface area (Å²) in [6.45, 7) is 10.1. The van der Waals surface area contributed by atoms with Gasteiger partial charge in [-0.25, -0.2) is 4.79 Å². The predicted octanol–water partition coefficient (Wildman–Crippen LogP) is 6.57. The number of amides is 1. The van der Waals surface area contributed by atoms with Crippen molar-refractivity contribution in [3.05, 3.63) is 100 Å². The number of ketones is 1. The molecular formula is C33H35NO6. The molecule has 7 nitrogen and oxygen atoms in total. The van der Waals surface area contributed by atoms with Crippen LogP contribution in [0.3, 0.4) is 0 Å². The second-order valence-electron chi connectivity index (χ2n) is 10.7. The summed E-state index contributed by atoms with van der Waals surface area (Å²) in [5.41, 5.74) is 3.67. The molecule has 1 aliphatic heterocycles. The average Bonchev–Trinajstić information content (AvgIpc) is 3.20. The van der Waals surface area contributed by atoms with Crippen LogP contribution >= 0.6 is 0 Å². The lowest BCUT2D eigenvalue weighted by Crippen LogP contribution is -2.29. The van der Waals surface area contributed by atoms with E-state index in [1.54, 1.807) is 49.6 Å². The number of nitrogens with zero attached hydrogens (tertiary/aromatic N) is 1. The number of aliphatic hydroxyl groups is 1. The third-order valence-electron chi connectivity index (χ3n) is 6.86. The zero-order valence-electron chi connectivity index (χ0n) is 23.7. The van der Waals surface area contributed by atoms with Crippen molar-refractivity contribution >= 4 is 29.1 Å². The van der Waals surface area contributed by atoms with E-state index in [2.05, 4.69) is 0 Å². The van der Waals surface area contributed by atoms with Crippen molar-refractivity contribution in [1.82, 2.24) is 0 Å². The topological polar surface area (TPSA) is 93.1 Å². The van der Waals surface area contributed by atoms with E-state index in [-0.39, 0.29) is 23.2 Å². The van der Waals surface area contributed by atoms with E-state index in [4.69, 9.17) is 9.47 Å². The van der Waals surface area contributed by atoms with Crippen LogP contribution in [0.25, 0.3) is 5.76 Å². The number of ether oxygens (including phenoxy) is 2. The first-order valence-corrected chi connectivity index (χ1v) is 13.4. The Morgan fingerprint density at radius 1 is 0.950 bits per heavy atom. The minimum Gasteiger partial charge on any atom is -0.507 e. The van der Waals surface area contributed by atoms with Gasteiger partial charge in [0, 0.05) is 11.3 Å². The lowest BCUT2D eigenvalue weighted by molar-refractivity contribution is -0.132. The Morgan fingerprint density at radius 3 is 2.23 bits per heavy atom. The van der Waals surface area contributed by atoms with Crippen molar-refractivity contribution in [3.8, 4) is 5.75 Å². The van der Waals surface area contributed by atoms with Crippen molar-refractivity contribution in [2.24, 2.45) is 5.92 Å². The molecule has 4 rings (SSSR count). The third-order valence-corrected chi connectivity index (χ3v) is 6.86. The van der Waals surface area contributed by atoms with E-state index in [0.29, 0.717) is 34.7 Å². The summed E-state index contributed by atoms with van der Waals surface area (Å²) in [6.07, 6.45) is 0. The number of methoxy groups -OCH3 is 1. The Kier molecular flexibility index (Phi) is 8.43. The highest BCUT2D eigenvalue weighted by Gasteiger charge is 2.47. The standard InChI is InChI=1S/C33H35NO6/c1-19(2)18-40-33(38)22-10-13-25(14-11-22)34-29(23-9-7-8-21(5)16-23)28(31(36)32(34)37)30(35)24-12-15-27(39-6)26(17-24)20(3)4/h7-17,19-20,29,35H,18H2,1-6H3/b30-28-. The highest BCUT2D eigenvalue weighted by atomic mass is 16.5. The highest BCUT2D eigenvalue weighted by Crippen LogP contribution is 2.43. The van der Waals surface area contributed by atoms with Crippen molar-refractivity contribution in [3.63, 3.8) is 0 Å². The number of carbonyl (C=O) groups is 3. The summed E-state index contributed by atoms with van der Waals surface area (Å²) in [4.78, 5) is 40.9. The van der Waals surface area contributed by atoms with Crippen LogP contribution < -0.4 is 9.64 Å². The lowest BCUT2D eigenvalue weighted by Gasteiger charge is -2.26. The molecule has 1 saturated heterocycles. The molecule has 0 spiro atoms. The third kappa shape index (κ3) is 5.64. The van der Waals surface area contributed by atoms with Crippen LogP contribution in [0.15, 0.2) is 72.3 Å². The molecule has 1 amide bonds. The molecule has 7 heteroatoms. The first-order chi connectivity index (χ1) is 19.0. The summed E-state index contributed by atoms with van der Waals surface area (Å²) in [6, 6.07) is 18.2. The Hall–Kier alpha value is -4.39. The smallest absolute Gasteiger partial charge is 0.338 e. The number of anilines is 1. The molecule has 3 aromatic rings. The van der Waals surface area contributed by atoms with Crippen LogP contribution in [0, 0.1) is 12.8 Å². The van der Waals surface area contributed by atoms with Gasteiger partial charge in [-0.05, 0) is 72.4 Å². The minimum atomic E-state index is -0.872. The van der Waals surface area contributed by atoms with Crippen molar-refractivity contribution < 1.29 is 29.0 Å². The van der Waals surface area contributed by atoms with Gasteiger partial charge in [0.2, 0.25) is 0 Å². The van der Waals surface area contributed by atoms with E-state index in [9.17, 15) is 19.5 Å². The molecule has 1 aliphatic rings. The second-order valence-corrected chi connectivity index (χ2v) is 10.7. The van der Waals surface area contributed by atoms with E-state index >= 15 is 0 Å². The molecule has 3 aromatic carbocycles. The van der Waals surface area contributed by atoms with Gasteiger partial charge in [0.15, 0.2) is 0 Å². The number of aryl methyl sites for hydroxylation is 1. The van der Waals surface area contributed by atoms with Gasteiger partial charge >= 0.3 is 5.97 Å². The summed E-state index contributed by atoms with van der Waals surface area (Å²) in [5, 5.41) is 11.5. The quantitative estimate of drug-likeness (QED) is 0.150. The van der Waals surface area contributed by atoms with E-state index < -0.39 is 23.7 Å². The predicted molar refractivity (Wildman–Crippen MR) is 155 cm³/mol. The van der Waals surface area contributed by atoms with Gasteiger partial charge in [-0.15, -0.1) is 0 Å². The monoisotopic (exact) mass is 541 g/mol. The van der Waals surface area contributed by atoms with Crippen LogP contribution in [0.5, 0.6) is 5.75 Å². The van der Waals surface area contributed by atoms with Crippen molar-refractivity contribution in [2.75, 3.05) is 18.6 Å². The fourth-order valence-electron chi connectivity index (χ4n) is 4.83. The Morgan fingerprint density at radius 2 is 1.62 bits per heavy atom. The van der Waals surface area contributed by atoms with Crippen molar-refractivity contribution in [2.45, 2.75) is 46.6 Å². The fourth-order valence-corrected chi connectivity index (χ4v) is 4.83. The van der Waals surface area contributed by atoms with Crippen LogP contribution in [-0.2, 0) is 14.3 Å². The fraction of sp³-hybridized carbons (Fsp3) is 0.303. The maximum absolute atomic E-state index is 13.5. The molecule has 40 heavy (non-hydrogen) atoms. The molecule has 0 aliphatic carbocycles. The highest BCUT2D eigenvalue weighted by molar-refractivity contribution is 6.51. The number of hydrogen-bond donors (Lipinski definition) is 1. The number of carbonyl (C=O) groups excluding carboxylic acids is 3. The van der Waals surface area contributed by atoms with Crippen molar-refractivity contribution in [1.29, 1.82) is 0 Å². The van der Waals surface area contributed by atoms with Crippen LogP contribution in [0.2, 0.25) is 0 Å². The van der Waals surface area contributed by atoms with Crippen LogP contribution in [-0.4, -0.2) is 36.5 Å². The molecule has 0 aromatic heterocycles. The van der Waals surface area contributed by atoms with Crippen LogP contribution in [0.4, 0.5) is 5.69 Å². The first-order valence-electron chi connectivity index (χ1n) is 13.4. The van der Waals surface area contributed by atoms with Gasteiger partial charge in [0.05, 0.1) is 30.9 Å². The zero-order chi connectivity index (χ0) is 29.1. The molecule has 0 bridgehead atoms. The summed E-state index contributed by atoms with van der Waals surface area (Å²) in [7, 11) is 1.58. The normalized spacial score (nSPS) is 16.6. The second kappa shape index (κ2) is 11.8. The molecule has 1 heterocycles. The van der Waals surface area contributed by atoms with Gasteiger partial charge in [-0.2, -0.15) is 0 Å².